The van der Waals surface area contributed by atoms with Gasteiger partial charge < -0.3 is 9.88 Å². The molecule has 90 valence electrons. The summed E-state index contributed by atoms with van der Waals surface area (Å²) in [6.45, 7) is 5.12. The van der Waals surface area contributed by atoms with Crippen molar-refractivity contribution in [3.63, 3.8) is 0 Å². The summed E-state index contributed by atoms with van der Waals surface area (Å²) in [4.78, 5) is 0. The quantitative estimate of drug-likeness (QED) is 0.844. The number of nitrogens with one attached hydrogen (secondary N) is 1. The van der Waals surface area contributed by atoms with E-state index in [0.29, 0.717) is 6.04 Å². The lowest BCUT2D eigenvalue weighted by Crippen LogP contribution is -2.27. The molecular formula is C12H22N4. The Labute approximate surface area is 97.5 Å². The maximum atomic E-state index is 4.17. The van der Waals surface area contributed by atoms with Crippen molar-refractivity contribution in [1.29, 1.82) is 0 Å². The first kappa shape index (κ1) is 11.6. The van der Waals surface area contributed by atoms with Crippen molar-refractivity contribution in [1.82, 2.24) is 20.1 Å². The minimum Gasteiger partial charge on any atom is -0.317 e. The summed E-state index contributed by atoms with van der Waals surface area (Å²) < 4.78 is 2.05. The molecule has 0 bridgehead atoms. The van der Waals surface area contributed by atoms with Gasteiger partial charge in [0.2, 0.25) is 0 Å². The van der Waals surface area contributed by atoms with E-state index in [1.165, 1.54) is 25.7 Å². The molecule has 0 aliphatic heterocycles. The number of nitrogens with zero attached hydrogens (tertiary/aromatic N) is 3. The Balaban J connectivity index is 1.82. The van der Waals surface area contributed by atoms with Crippen LogP contribution in [0.25, 0.3) is 0 Å². The molecule has 4 nitrogen and oxygen atoms in total. The highest BCUT2D eigenvalue weighted by molar-refractivity contribution is 4.93. The second kappa shape index (κ2) is 4.95. The molecule has 1 N–H and O–H groups in total. The molecule has 1 fully saturated rings. The second-order valence-corrected chi connectivity index (χ2v) is 4.89. The number of rotatable bonds is 4. The zero-order valence-electron chi connectivity index (χ0n) is 10.5. The lowest BCUT2D eigenvalue weighted by molar-refractivity contribution is 0.468. The summed E-state index contributed by atoms with van der Waals surface area (Å²) in [5, 5.41) is 11.8. The van der Waals surface area contributed by atoms with Crippen molar-refractivity contribution in [3.05, 3.63) is 11.6 Å². The van der Waals surface area contributed by atoms with E-state index >= 15 is 0 Å². The SMILES string of the molecule is CCC1CCC(NCc2nnc(C)n2C)C1. The van der Waals surface area contributed by atoms with Gasteiger partial charge in [-0.1, -0.05) is 13.3 Å². The molecule has 1 saturated carbocycles. The van der Waals surface area contributed by atoms with Gasteiger partial charge in [-0.3, -0.25) is 0 Å². The van der Waals surface area contributed by atoms with E-state index in [0.717, 1.165) is 24.1 Å². The fourth-order valence-corrected chi connectivity index (χ4v) is 2.47. The molecule has 2 unspecified atom stereocenters. The smallest absolute Gasteiger partial charge is 0.146 e. The molecule has 1 aliphatic rings. The molecule has 4 heteroatoms. The fourth-order valence-electron chi connectivity index (χ4n) is 2.47. The molecule has 2 rings (SSSR count). The van der Waals surface area contributed by atoms with Gasteiger partial charge in [-0.15, -0.1) is 10.2 Å². The van der Waals surface area contributed by atoms with Crippen LogP contribution in [0, 0.1) is 12.8 Å². The third kappa shape index (κ3) is 2.43. The van der Waals surface area contributed by atoms with Crippen molar-refractivity contribution in [2.45, 2.75) is 52.1 Å². The molecule has 2 atom stereocenters. The Morgan fingerprint density at radius 2 is 2.19 bits per heavy atom. The lowest BCUT2D eigenvalue weighted by Gasteiger charge is -2.12. The number of hydrogen-bond donors (Lipinski definition) is 1. The first-order valence-corrected chi connectivity index (χ1v) is 6.29. The van der Waals surface area contributed by atoms with Gasteiger partial charge in [-0.05, 0) is 32.1 Å². The Bertz CT molecular complexity index is 345. The number of aryl methyl sites for hydroxylation is 1. The van der Waals surface area contributed by atoms with Crippen LogP contribution in [0.3, 0.4) is 0 Å². The number of hydrogen-bond acceptors (Lipinski definition) is 3. The van der Waals surface area contributed by atoms with Crippen molar-refractivity contribution in [2.24, 2.45) is 13.0 Å². The summed E-state index contributed by atoms with van der Waals surface area (Å²) in [5.74, 6) is 2.95. The van der Waals surface area contributed by atoms with Crippen molar-refractivity contribution in [3.8, 4) is 0 Å². The first-order chi connectivity index (χ1) is 7.70. The van der Waals surface area contributed by atoms with E-state index in [-0.39, 0.29) is 0 Å². The molecule has 0 radical (unpaired) electrons. The van der Waals surface area contributed by atoms with Crippen LogP contribution in [-0.4, -0.2) is 20.8 Å². The largest absolute Gasteiger partial charge is 0.317 e. The molecule has 0 saturated heterocycles. The monoisotopic (exact) mass is 222 g/mol. The van der Waals surface area contributed by atoms with Crippen molar-refractivity contribution < 1.29 is 0 Å². The van der Waals surface area contributed by atoms with Crippen LogP contribution in [0.15, 0.2) is 0 Å². The average molecular weight is 222 g/mol. The summed E-state index contributed by atoms with van der Waals surface area (Å²) in [5.41, 5.74) is 0. The van der Waals surface area contributed by atoms with E-state index in [2.05, 4.69) is 27.0 Å². The molecule has 1 aromatic rings. The summed E-state index contributed by atoms with van der Waals surface area (Å²) in [6.07, 6.45) is 5.34. The summed E-state index contributed by atoms with van der Waals surface area (Å²) >= 11 is 0. The predicted molar refractivity (Wildman–Crippen MR) is 64.0 cm³/mol. The van der Waals surface area contributed by atoms with Crippen LogP contribution in [0.2, 0.25) is 0 Å². The topological polar surface area (TPSA) is 42.7 Å². The second-order valence-electron chi connectivity index (χ2n) is 4.89. The third-order valence-electron chi connectivity index (χ3n) is 3.85. The zero-order valence-corrected chi connectivity index (χ0v) is 10.5. The fraction of sp³-hybridized carbons (Fsp3) is 0.833. The van der Waals surface area contributed by atoms with Crippen LogP contribution in [0.4, 0.5) is 0 Å². The van der Waals surface area contributed by atoms with Crippen LogP contribution in [0.1, 0.15) is 44.3 Å². The van der Waals surface area contributed by atoms with E-state index in [9.17, 15) is 0 Å². The first-order valence-electron chi connectivity index (χ1n) is 6.29. The van der Waals surface area contributed by atoms with Gasteiger partial charge in [0.1, 0.15) is 11.6 Å². The zero-order chi connectivity index (χ0) is 11.5. The molecule has 1 aromatic heterocycles. The summed E-state index contributed by atoms with van der Waals surface area (Å²) in [7, 11) is 2.02. The van der Waals surface area contributed by atoms with Crippen LogP contribution >= 0.6 is 0 Å². The van der Waals surface area contributed by atoms with Crippen molar-refractivity contribution >= 4 is 0 Å². The van der Waals surface area contributed by atoms with E-state index < -0.39 is 0 Å². The highest BCUT2D eigenvalue weighted by Crippen LogP contribution is 2.27. The van der Waals surface area contributed by atoms with Crippen LogP contribution in [0.5, 0.6) is 0 Å². The van der Waals surface area contributed by atoms with E-state index in [1.54, 1.807) is 0 Å². The lowest BCUT2D eigenvalue weighted by atomic mass is 10.1. The van der Waals surface area contributed by atoms with Gasteiger partial charge >= 0.3 is 0 Å². The molecule has 0 aromatic carbocycles. The number of aromatic nitrogens is 3. The maximum absolute atomic E-state index is 4.17. The van der Waals surface area contributed by atoms with Crippen molar-refractivity contribution in [2.75, 3.05) is 0 Å². The minimum absolute atomic E-state index is 0.682. The normalized spacial score (nSPS) is 25.2. The Kier molecular flexibility index (Phi) is 3.59. The average Bonchev–Trinajstić information content (AvgIpc) is 2.86. The maximum Gasteiger partial charge on any atom is 0.146 e. The molecule has 0 spiro atoms. The predicted octanol–water partition coefficient (Wildman–Crippen LogP) is 1.79. The standard InChI is InChI=1S/C12H22N4/c1-4-10-5-6-11(7-10)13-8-12-15-14-9(2)16(12)3/h10-11,13H,4-8H2,1-3H3. The molecule has 16 heavy (non-hydrogen) atoms. The van der Waals surface area contributed by atoms with Gasteiger partial charge in [0.05, 0.1) is 6.54 Å². The Hall–Kier alpha value is -0.900. The van der Waals surface area contributed by atoms with Gasteiger partial charge in [-0.2, -0.15) is 0 Å². The molecule has 0 amide bonds. The van der Waals surface area contributed by atoms with E-state index in [1.807, 2.05) is 14.0 Å². The Morgan fingerprint density at radius 1 is 1.38 bits per heavy atom. The molecule has 1 aliphatic carbocycles. The highest BCUT2D eigenvalue weighted by Gasteiger charge is 2.23. The van der Waals surface area contributed by atoms with Crippen LogP contribution < -0.4 is 5.32 Å². The van der Waals surface area contributed by atoms with Gasteiger partial charge in [0, 0.05) is 13.1 Å². The van der Waals surface area contributed by atoms with Gasteiger partial charge in [-0.25, -0.2) is 0 Å². The Morgan fingerprint density at radius 3 is 2.75 bits per heavy atom. The van der Waals surface area contributed by atoms with E-state index in [4.69, 9.17) is 0 Å². The summed E-state index contributed by atoms with van der Waals surface area (Å²) in [6, 6.07) is 0.682. The molecule has 1 heterocycles. The highest BCUT2D eigenvalue weighted by atomic mass is 15.3. The third-order valence-corrected chi connectivity index (χ3v) is 3.85. The molecular weight excluding hydrogens is 200 g/mol. The minimum atomic E-state index is 0.682. The van der Waals surface area contributed by atoms with Gasteiger partial charge in [0.25, 0.3) is 0 Å². The van der Waals surface area contributed by atoms with Gasteiger partial charge in [0.15, 0.2) is 0 Å². The van der Waals surface area contributed by atoms with Crippen LogP contribution in [-0.2, 0) is 13.6 Å².